The summed E-state index contributed by atoms with van der Waals surface area (Å²) in [5.41, 5.74) is 0.426. The maximum absolute atomic E-state index is 12.7. The molecule has 0 aliphatic carbocycles. The molecule has 0 saturated carbocycles. The van der Waals surface area contributed by atoms with Crippen LogP contribution in [0.3, 0.4) is 0 Å². The Bertz CT molecular complexity index is 589. The highest BCUT2D eigenvalue weighted by Crippen LogP contribution is 2.33. The largest absolute Gasteiger partial charge is 0.355 e. The molecule has 1 aromatic carbocycles. The van der Waals surface area contributed by atoms with E-state index in [9.17, 15) is 4.79 Å². The van der Waals surface area contributed by atoms with Crippen molar-refractivity contribution in [1.82, 2.24) is 10.2 Å². The average molecular weight is 356 g/mol. The Balaban J connectivity index is 1.95. The van der Waals surface area contributed by atoms with Crippen LogP contribution >= 0.6 is 23.2 Å². The molecule has 2 heterocycles. The van der Waals surface area contributed by atoms with Crippen LogP contribution in [-0.2, 0) is 4.79 Å². The maximum atomic E-state index is 12.7. The molecular weight excluding hydrogens is 333 g/mol. The average Bonchev–Trinajstić information content (AvgIpc) is 3.03. The van der Waals surface area contributed by atoms with Gasteiger partial charge < -0.3 is 15.1 Å². The molecule has 1 aromatic rings. The number of likely N-dealkylation sites (tertiary alicyclic amines) is 1. The van der Waals surface area contributed by atoms with Crippen molar-refractivity contribution in [3.8, 4) is 0 Å². The molecule has 3 rings (SSSR count). The number of piperazine rings is 1. The first-order chi connectivity index (χ1) is 11.0. The number of benzene rings is 1. The molecular formula is C17H23Cl2N3O. The summed E-state index contributed by atoms with van der Waals surface area (Å²) in [7, 11) is 0. The lowest BCUT2D eigenvalue weighted by Gasteiger charge is -2.49. The van der Waals surface area contributed by atoms with Crippen LogP contribution in [-0.4, -0.2) is 55.5 Å². The number of anilines is 1. The lowest BCUT2D eigenvalue weighted by molar-refractivity contribution is -0.123. The molecule has 2 saturated heterocycles. The fraction of sp³-hybridized carbons (Fsp3) is 0.588. The smallest absolute Gasteiger partial charge is 0.157 e. The predicted molar refractivity (Wildman–Crippen MR) is 95.8 cm³/mol. The maximum Gasteiger partial charge on any atom is 0.157 e. The van der Waals surface area contributed by atoms with Gasteiger partial charge in [-0.05, 0) is 51.1 Å². The van der Waals surface area contributed by atoms with Gasteiger partial charge in [0.2, 0.25) is 0 Å². The van der Waals surface area contributed by atoms with Gasteiger partial charge in [0, 0.05) is 31.9 Å². The summed E-state index contributed by atoms with van der Waals surface area (Å²) in [6, 6.07) is 5.64. The first-order valence-electron chi connectivity index (χ1n) is 8.20. The van der Waals surface area contributed by atoms with Gasteiger partial charge in [0.15, 0.2) is 5.78 Å². The van der Waals surface area contributed by atoms with Crippen LogP contribution in [0.15, 0.2) is 18.2 Å². The third kappa shape index (κ3) is 3.36. The second-order valence-corrected chi connectivity index (χ2v) is 7.31. The first-order valence-corrected chi connectivity index (χ1v) is 8.95. The number of hydrogen-bond donors (Lipinski definition) is 1. The second-order valence-electron chi connectivity index (χ2n) is 6.50. The molecule has 2 fully saturated rings. The van der Waals surface area contributed by atoms with Crippen LogP contribution < -0.4 is 10.2 Å². The topological polar surface area (TPSA) is 35.6 Å². The molecule has 1 atom stereocenters. The summed E-state index contributed by atoms with van der Waals surface area (Å²) in [6.07, 6.45) is 2.43. The third-order valence-corrected chi connectivity index (χ3v) is 5.74. The van der Waals surface area contributed by atoms with E-state index in [0.717, 1.165) is 38.4 Å². The number of rotatable bonds is 4. The number of nitrogens with zero attached hydrogens (tertiary/aromatic N) is 2. The van der Waals surface area contributed by atoms with Gasteiger partial charge >= 0.3 is 0 Å². The number of ketones is 1. The summed E-state index contributed by atoms with van der Waals surface area (Å²) in [4.78, 5) is 17.3. The number of halogens is 2. The Labute approximate surface area is 147 Å². The number of Topliss-reactive ketones (excluding diaryl/α,β-unsaturated/α-hetero) is 1. The Kier molecular flexibility index (Phi) is 5.16. The molecule has 6 heteroatoms. The van der Waals surface area contributed by atoms with E-state index in [0.29, 0.717) is 16.6 Å². The summed E-state index contributed by atoms with van der Waals surface area (Å²) in [6.45, 7) is 6.91. The van der Waals surface area contributed by atoms with Gasteiger partial charge in [0.25, 0.3) is 0 Å². The van der Waals surface area contributed by atoms with E-state index < -0.39 is 5.54 Å². The summed E-state index contributed by atoms with van der Waals surface area (Å²) < 4.78 is 0. The van der Waals surface area contributed by atoms with Gasteiger partial charge in [-0.2, -0.15) is 0 Å². The number of carbonyl (C=O) groups is 1. The number of nitrogens with one attached hydrogen (secondary N) is 1. The highest BCUT2D eigenvalue weighted by Gasteiger charge is 2.45. The summed E-state index contributed by atoms with van der Waals surface area (Å²) in [5, 5.41) is 4.48. The fourth-order valence-electron chi connectivity index (χ4n) is 3.70. The van der Waals surface area contributed by atoms with E-state index in [2.05, 4.69) is 15.1 Å². The minimum atomic E-state index is -0.542. The van der Waals surface area contributed by atoms with Crippen LogP contribution in [0.25, 0.3) is 0 Å². The van der Waals surface area contributed by atoms with Crippen LogP contribution in [0.5, 0.6) is 0 Å². The molecule has 0 bridgehead atoms. The van der Waals surface area contributed by atoms with Crippen molar-refractivity contribution in [2.75, 3.05) is 44.2 Å². The molecule has 4 nitrogen and oxygen atoms in total. The van der Waals surface area contributed by atoms with Gasteiger partial charge in [-0.3, -0.25) is 4.79 Å². The molecule has 0 aromatic heterocycles. The van der Waals surface area contributed by atoms with E-state index in [1.165, 1.54) is 12.8 Å². The van der Waals surface area contributed by atoms with E-state index in [4.69, 9.17) is 23.2 Å². The third-order valence-electron chi connectivity index (χ3n) is 5.00. The zero-order chi connectivity index (χ0) is 16.4. The summed E-state index contributed by atoms with van der Waals surface area (Å²) in [5.74, 6) is 0.197. The van der Waals surface area contributed by atoms with Crippen molar-refractivity contribution in [2.45, 2.75) is 25.3 Å². The predicted octanol–water partition coefficient (Wildman–Crippen LogP) is 2.83. The molecule has 1 N–H and O–H groups in total. The molecule has 23 heavy (non-hydrogen) atoms. The van der Waals surface area contributed by atoms with Crippen molar-refractivity contribution < 1.29 is 4.79 Å². The Morgan fingerprint density at radius 2 is 1.96 bits per heavy atom. The van der Waals surface area contributed by atoms with Gasteiger partial charge in [-0.25, -0.2) is 0 Å². The van der Waals surface area contributed by atoms with Crippen molar-refractivity contribution in [2.24, 2.45) is 0 Å². The monoisotopic (exact) mass is 355 g/mol. The van der Waals surface area contributed by atoms with Gasteiger partial charge in [0.1, 0.15) is 5.54 Å². The van der Waals surface area contributed by atoms with Crippen LogP contribution in [0.2, 0.25) is 10.0 Å². The highest BCUT2D eigenvalue weighted by atomic mass is 35.5. The minimum Gasteiger partial charge on any atom is -0.355 e. The molecule has 2 aliphatic heterocycles. The quantitative estimate of drug-likeness (QED) is 0.900. The number of carbonyl (C=O) groups excluding carboxylic acids is 1. The van der Waals surface area contributed by atoms with Crippen LogP contribution in [0.1, 0.15) is 19.8 Å². The molecule has 0 radical (unpaired) electrons. The normalized spacial score (nSPS) is 25.8. The van der Waals surface area contributed by atoms with E-state index in [-0.39, 0.29) is 5.78 Å². The van der Waals surface area contributed by atoms with Crippen molar-refractivity contribution >= 4 is 34.7 Å². The first kappa shape index (κ1) is 17.0. The zero-order valence-corrected chi connectivity index (χ0v) is 15.0. The SMILES string of the molecule is CC(=O)[C@]1(CN2CCCC2)CNCCN1c1ccc(Cl)c(Cl)c1. The minimum absolute atomic E-state index is 0.197. The lowest BCUT2D eigenvalue weighted by Crippen LogP contribution is -2.69. The highest BCUT2D eigenvalue weighted by molar-refractivity contribution is 6.42. The Morgan fingerprint density at radius 3 is 2.61 bits per heavy atom. The van der Waals surface area contributed by atoms with E-state index >= 15 is 0 Å². The van der Waals surface area contributed by atoms with Gasteiger partial charge in [-0.1, -0.05) is 23.2 Å². The molecule has 2 aliphatic rings. The Hall–Kier alpha value is -0.810. The second kappa shape index (κ2) is 6.98. The summed E-state index contributed by atoms with van der Waals surface area (Å²) >= 11 is 12.3. The molecule has 126 valence electrons. The van der Waals surface area contributed by atoms with Crippen molar-refractivity contribution in [3.63, 3.8) is 0 Å². The zero-order valence-electron chi connectivity index (χ0n) is 13.4. The standard InChI is InChI=1S/C17H23Cl2N3O/c1-13(23)17(12-21-7-2-3-8-21)11-20-6-9-22(17)14-4-5-15(18)16(19)10-14/h4-5,10,20H,2-3,6-9,11-12H2,1H3/t17-/m1/s1. The lowest BCUT2D eigenvalue weighted by atomic mass is 9.88. The number of hydrogen-bond acceptors (Lipinski definition) is 4. The van der Waals surface area contributed by atoms with Gasteiger partial charge in [0.05, 0.1) is 10.0 Å². The van der Waals surface area contributed by atoms with E-state index in [1.54, 1.807) is 6.92 Å². The molecule has 0 spiro atoms. The van der Waals surface area contributed by atoms with Crippen molar-refractivity contribution in [3.05, 3.63) is 28.2 Å². The fourth-order valence-corrected chi connectivity index (χ4v) is 3.99. The van der Waals surface area contributed by atoms with Gasteiger partial charge in [-0.15, -0.1) is 0 Å². The molecule has 0 amide bonds. The van der Waals surface area contributed by atoms with Crippen molar-refractivity contribution in [1.29, 1.82) is 0 Å². The van der Waals surface area contributed by atoms with E-state index in [1.807, 2.05) is 18.2 Å². The molecule has 0 unspecified atom stereocenters. The van der Waals surface area contributed by atoms with Crippen LogP contribution in [0.4, 0.5) is 5.69 Å². The van der Waals surface area contributed by atoms with Crippen LogP contribution in [0, 0.1) is 0 Å². The Morgan fingerprint density at radius 1 is 1.22 bits per heavy atom.